The third kappa shape index (κ3) is 4.86. The summed E-state index contributed by atoms with van der Waals surface area (Å²) in [5.74, 6) is 3.25. The van der Waals surface area contributed by atoms with Crippen LogP contribution in [-0.2, 0) is 18.8 Å². The molecule has 2 heterocycles. The van der Waals surface area contributed by atoms with Crippen LogP contribution in [0.5, 0.6) is 11.5 Å². The van der Waals surface area contributed by atoms with Crippen molar-refractivity contribution in [3.63, 3.8) is 0 Å². The zero-order valence-corrected chi connectivity index (χ0v) is 19.5. The fourth-order valence-corrected chi connectivity index (χ4v) is 4.34. The number of ether oxygens (including phenoxy) is 2. The predicted octanol–water partition coefficient (Wildman–Crippen LogP) is 3.96. The van der Waals surface area contributed by atoms with Crippen LogP contribution >= 0.6 is 23.4 Å². The van der Waals surface area contributed by atoms with Crippen LogP contribution in [0.4, 0.5) is 0 Å². The minimum Gasteiger partial charge on any atom is -0.493 e. The molecular formula is C21H22ClN7O2S. The molecule has 4 aromatic rings. The summed E-state index contributed by atoms with van der Waals surface area (Å²) in [7, 11) is 3.18. The molecule has 0 saturated carbocycles. The Morgan fingerprint density at radius 1 is 1.00 bits per heavy atom. The van der Waals surface area contributed by atoms with E-state index in [0.29, 0.717) is 23.9 Å². The molecule has 0 atom stereocenters. The molecule has 0 unspecified atom stereocenters. The van der Waals surface area contributed by atoms with Gasteiger partial charge in [-0.3, -0.25) is 0 Å². The third-order valence-corrected chi connectivity index (χ3v) is 6.02. The summed E-state index contributed by atoms with van der Waals surface area (Å²) in [6, 6.07) is 13.3. The molecule has 0 fully saturated rings. The number of nitrogens with zero attached hydrogens (tertiary/aromatic N) is 7. The maximum atomic E-state index is 6.08. The van der Waals surface area contributed by atoms with Gasteiger partial charge < -0.3 is 14.0 Å². The van der Waals surface area contributed by atoms with Gasteiger partial charge in [-0.05, 0) is 48.0 Å². The third-order valence-electron chi connectivity index (χ3n) is 4.74. The van der Waals surface area contributed by atoms with Crippen molar-refractivity contribution in [2.45, 2.75) is 30.9 Å². The van der Waals surface area contributed by atoms with Gasteiger partial charge in [0.05, 0.1) is 14.2 Å². The van der Waals surface area contributed by atoms with Gasteiger partial charge in [0.15, 0.2) is 22.5 Å². The van der Waals surface area contributed by atoms with Crippen LogP contribution < -0.4 is 9.47 Å². The molecule has 166 valence electrons. The smallest absolute Gasteiger partial charge is 0.205 e. The number of hydrogen-bond acceptors (Lipinski definition) is 8. The lowest BCUT2D eigenvalue weighted by atomic mass is 10.2. The zero-order valence-electron chi connectivity index (χ0n) is 17.9. The van der Waals surface area contributed by atoms with Crippen LogP contribution in [-0.4, -0.2) is 49.2 Å². The Labute approximate surface area is 194 Å². The average Bonchev–Trinajstić information content (AvgIpc) is 3.44. The summed E-state index contributed by atoms with van der Waals surface area (Å²) >= 11 is 7.69. The van der Waals surface area contributed by atoms with Gasteiger partial charge in [0.25, 0.3) is 0 Å². The highest BCUT2D eigenvalue weighted by Crippen LogP contribution is 2.30. The highest BCUT2D eigenvalue weighted by Gasteiger charge is 2.15. The molecule has 0 N–H and O–H groups in total. The van der Waals surface area contributed by atoms with Crippen molar-refractivity contribution in [1.29, 1.82) is 0 Å². The summed E-state index contributed by atoms with van der Waals surface area (Å²) in [6.45, 7) is 3.15. The van der Waals surface area contributed by atoms with Crippen LogP contribution in [0.25, 0.3) is 11.4 Å². The average molecular weight is 472 g/mol. The first-order valence-corrected chi connectivity index (χ1v) is 11.3. The van der Waals surface area contributed by atoms with E-state index in [4.69, 9.17) is 21.1 Å². The van der Waals surface area contributed by atoms with Crippen LogP contribution in [0.1, 0.15) is 18.3 Å². The van der Waals surface area contributed by atoms with Crippen molar-refractivity contribution in [2.24, 2.45) is 0 Å². The fraction of sp³-hybridized carbons (Fsp3) is 0.286. The second-order valence-electron chi connectivity index (χ2n) is 6.77. The second-order valence-corrected chi connectivity index (χ2v) is 8.15. The fourth-order valence-electron chi connectivity index (χ4n) is 3.16. The highest BCUT2D eigenvalue weighted by atomic mass is 35.5. The van der Waals surface area contributed by atoms with Gasteiger partial charge in [-0.25, -0.2) is 0 Å². The van der Waals surface area contributed by atoms with Gasteiger partial charge in [-0.1, -0.05) is 35.5 Å². The van der Waals surface area contributed by atoms with Crippen molar-refractivity contribution in [2.75, 3.05) is 14.2 Å². The molecule has 0 spiro atoms. The lowest BCUT2D eigenvalue weighted by Gasteiger charge is -2.07. The molecule has 11 heteroatoms. The Bertz CT molecular complexity index is 1210. The SMILES string of the molecule is CCn1c(Cn2nnc(-c3ccc(OC)c(OC)c3)n2)nnc1SCc1cccc(Cl)c1. The van der Waals surface area contributed by atoms with Crippen molar-refractivity contribution >= 4 is 23.4 Å². The first-order valence-electron chi connectivity index (χ1n) is 9.90. The van der Waals surface area contributed by atoms with E-state index in [1.165, 1.54) is 4.80 Å². The maximum Gasteiger partial charge on any atom is 0.205 e. The standard InChI is InChI=1S/C21H22ClN7O2S/c1-4-28-19(23-25-21(28)32-13-14-6-5-7-16(22)10-14)12-29-26-20(24-27-29)15-8-9-17(30-2)18(11-15)31-3/h5-11H,4,12-13H2,1-3H3. The number of hydrogen-bond donors (Lipinski definition) is 0. The number of benzene rings is 2. The van der Waals surface area contributed by atoms with Gasteiger partial charge in [-0.15, -0.1) is 20.4 Å². The molecular weight excluding hydrogens is 450 g/mol. The summed E-state index contributed by atoms with van der Waals surface area (Å²) < 4.78 is 12.7. The monoisotopic (exact) mass is 471 g/mol. The first-order chi connectivity index (χ1) is 15.6. The number of thioether (sulfide) groups is 1. The van der Waals surface area contributed by atoms with E-state index in [1.807, 2.05) is 42.5 Å². The summed E-state index contributed by atoms with van der Waals surface area (Å²) in [5, 5.41) is 23.1. The first kappa shape index (κ1) is 22.1. The Kier molecular flexibility index (Phi) is 6.91. The largest absolute Gasteiger partial charge is 0.493 e. The molecule has 0 saturated heterocycles. The molecule has 2 aromatic heterocycles. The Balaban J connectivity index is 1.49. The van der Waals surface area contributed by atoms with Crippen LogP contribution in [0, 0.1) is 0 Å². The van der Waals surface area contributed by atoms with Gasteiger partial charge in [0.1, 0.15) is 6.54 Å². The lowest BCUT2D eigenvalue weighted by molar-refractivity contribution is 0.355. The van der Waals surface area contributed by atoms with Crippen molar-refractivity contribution < 1.29 is 9.47 Å². The predicted molar refractivity (Wildman–Crippen MR) is 122 cm³/mol. The molecule has 0 aliphatic rings. The van der Waals surface area contributed by atoms with Crippen LogP contribution in [0.3, 0.4) is 0 Å². The highest BCUT2D eigenvalue weighted by molar-refractivity contribution is 7.98. The molecule has 2 aromatic carbocycles. The minimum absolute atomic E-state index is 0.360. The summed E-state index contributed by atoms with van der Waals surface area (Å²) in [4.78, 5) is 1.51. The topological polar surface area (TPSA) is 92.8 Å². The lowest BCUT2D eigenvalue weighted by Crippen LogP contribution is -2.11. The molecule has 9 nitrogen and oxygen atoms in total. The number of tetrazole rings is 1. The van der Waals surface area contributed by atoms with Crippen LogP contribution in [0.2, 0.25) is 5.02 Å². The molecule has 0 radical (unpaired) electrons. The Morgan fingerprint density at radius 3 is 2.59 bits per heavy atom. The van der Waals surface area contributed by atoms with Crippen molar-refractivity contribution in [1.82, 2.24) is 35.0 Å². The van der Waals surface area contributed by atoms with E-state index in [9.17, 15) is 0 Å². The van der Waals surface area contributed by atoms with Crippen LogP contribution in [0.15, 0.2) is 47.6 Å². The Morgan fingerprint density at radius 2 is 1.84 bits per heavy atom. The van der Waals surface area contributed by atoms with Gasteiger partial charge in [0.2, 0.25) is 5.82 Å². The zero-order chi connectivity index (χ0) is 22.5. The number of aromatic nitrogens is 7. The molecule has 32 heavy (non-hydrogen) atoms. The van der Waals surface area contributed by atoms with Gasteiger partial charge >= 0.3 is 0 Å². The quantitative estimate of drug-likeness (QED) is 0.338. The second kappa shape index (κ2) is 10.0. The maximum absolute atomic E-state index is 6.08. The Hall–Kier alpha value is -3.11. The van der Waals surface area contributed by atoms with E-state index in [-0.39, 0.29) is 0 Å². The van der Waals surface area contributed by atoms with E-state index < -0.39 is 0 Å². The number of methoxy groups -OCH3 is 2. The molecule has 0 aliphatic heterocycles. The molecule has 0 aliphatic carbocycles. The minimum atomic E-state index is 0.360. The van der Waals surface area contributed by atoms with Gasteiger partial charge in [-0.2, -0.15) is 4.80 Å². The van der Waals surface area contributed by atoms with E-state index in [2.05, 4.69) is 37.1 Å². The van der Waals surface area contributed by atoms with Crippen molar-refractivity contribution in [3.05, 3.63) is 58.9 Å². The summed E-state index contributed by atoms with van der Waals surface area (Å²) in [5.41, 5.74) is 1.91. The van der Waals surface area contributed by atoms with E-state index in [0.717, 1.165) is 39.4 Å². The molecule has 4 rings (SSSR count). The number of rotatable bonds is 9. The number of halogens is 1. The summed E-state index contributed by atoms with van der Waals surface area (Å²) in [6.07, 6.45) is 0. The molecule has 0 bridgehead atoms. The van der Waals surface area contributed by atoms with E-state index in [1.54, 1.807) is 26.0 Å². The normalized spacial score (nSPS) is 11.0. The molecule has 0 amide bonds. The van der Waals surface area contributed by atoms with Crippen molar-refractivity contribution in [3.8, 4) is 22.9 Å². The van der Waals surface area contributed by atoms with Gasteiger partial charge in [0, 0.05) is 22.9 Å². The van der Waals surface area contributed by atoms with E-state index >= 15 is 0 Å².